The van der Waals surface area contributed by atoms with Crippen LogP contribution >= 0.6 is 0 Å². The Morgan fingerprint density at radius 2 is 1.67 bits per heavy atom. The first kappa shape index (κ1) is 22.9. The van der Waals surface area contributed by atoms with Crippen molar-refractivity contribution in [2.24, 2.45) is 5.92 Å². The van der Waals surface area contributed by atoms with Gasteiger partial charge in [0.1, 0.15) is 6.04 Å². The molecule has 7 nitrogen and oxygen atoms in total. The van der Waals surface area contributed by atoms with Crippen LogP contribution < -0.4 is 5.32 Å². The van der Waals surface area contributed by atoms with E-state index in [0.717, 1.165) is 27.3 Å². The lowest BCUT2D eigenvalue weighted by Gasteiger charge is -2.23. The summed E-state index contributed by atoms with van der Waals surface area (Å²) in [7, 11) is 0. The van der Waals surface area contributed by atoms with Crippen LogP contribution in [0.5, 0.6) is 0 Å². The van der Waals surface area contributed by atoms with Crippen molar-refractivity contribution in [2.45, 2.75) is 24.6 Å². The molecule has 0 bridgehead atoms. The Morgan fingerprint density at radius 3 is 2.24 bits per heavy atom. The van der Waals surface area contributed by atoms with Gasteiger partial charge in [0, 0.05) is 12.5 Å². The van der Waals surface area contributed by atoms with E-state index in [1.165, 1.54) is 0 Å². The van der Waals surface area contributed by atoms with E-state index in [-0.39, 0.29) is 38.0 Å². The van der Waals surface area contributed by atoms with Crippen molar-refractivity contribution in [1.82, 2.24) is 10.4 Å². The maximum atomic E-state index is 12.3. The van der Waals surface area contributed by atoms with Gasteiger partial charge in [0.15, 0.2) is 0 Å². The molecule has 2 aliphatic rings. The van der Waals surface area contributed by atoms with Crippen LogP contribution in [0.3, 0.4) is 0 Å². The van der Waals surface area contributed by atoms with E-state index in [0.29, 0.717) is 6.41 Å². The number of carbonyl (C=O) groups is 3. The number of amides is 1. The first-order chi connectivity index (χ1) is 15.8. The van der Waals surface area contributed by atoms with Gasteiger partial charge in [-0.1, -0.05) is 48.5 Å². The number of esters is 2. The standard InChI is InChI=1S/C23H21F3N2O5/c24-23(25,26)22(31)33-21(30)20-9-14(10-27-20)11-28(13-29)32-12-19-17-7-3-1-5-15(17)16-6-2-4-8-18(16)19/h1-8,13-14,19-20,27H,9-12H2/t14?,20-/m0/s1. The Kier molecular flexibility index (Phi) is 6.48. The van der Waals surface area contributed by atoms with Crippen LogP contribution in [0.15, 0.2) is 48.5 Å². The minimum Gasteiger partial charge on any atom is -0.385 e. The largest absolute Gasteiger partial charge is 0.491 e. The highest BCUT2D eigenvalue weighted by atomic mass is 19.4. The molecule has 1 amide bonds. The fourth-order valence-electron chi connectivity index (χ4n) is 4.34. The van der Waals surface area contributed by atoms with Crippen molar-refractivity contribution < 1.29 is 37.1 Å². The van der Waals surface area contributed by atoms with Crippen molar-refractivity contribution >= 4 is 18.3 Å². The van der Waals surface area contributed by atoms with Gasteiger partial charge in [-0.2, -0.15) is 13.2 Å². The van der Waals surface area contributed by atoms with Gasteiger partial charge < -0.3 is 10.1 Å². The van der Waals surface area contributed by atoms with Gasteiger partial charge in [0.25, 0.3) is 0 Å². The topological polar surface area (TPSA) is 84.9 Å². The number of nitrogens with zero attached hydrogens (tertiary/aromatic N) is 1. The van der Waals surface area contributed by atoms with E-state index < -0.39 is 24.2 Å². The van der Waals surface area contributed by atoms with E-state index in [1.54, 1.807) is 0 Å². The number of benzene rings is 2. The number of rotatable bonds is 7. The van der Waals surface area contributed by atoms with Crippen molar-refractivity contribution in [3.05, 3.63) is 59.7 Å². The number of nitrogens with one attached hydrogen (secondary N) is 1. The van der Waals surface area contributed by atoms with Gasteiger partial charge in [-0.3, -0.25) is 9.63 Å². The van der Waals surface area contributed by atoms with Crippen LogP contribution in [0.25, 0.3) is 11.1 Å². The lowest BCUT2D eigenvalue weighted by molar-refractivity contribution is -0.202. The SMILES string of the molecule is O=CN(CC1CN[C@H](C(=O)OC(=O)C(F)(F)F)C1)OCC1c2ccccc2-c2ccccc21. The number of hydrogen-bond donors (Lipinski definition) is 1. The maximum absolute atomic E-state index is 12.3. The molecular weight excluding hydrogens is 441 g/mol. The van der Waals surface area contributed by atoms with Crippen LogP contribution in [-0.4, -0.2) is 55.3 Å². The monoisotopic (exact) mass is 462 g/mol. The number of hydroxylamine groups is 2. The van der Waals surface area contributed by atoms with Crippen molar-refractivity contribution in [2.75, 3.05) is 19.7 Å². The minimum absolute atomic E-state index is 0.0577. The Bertz CT molecular complexity index is 1010. The third kappa shape index (κ3) is 4.91. The van der Waals surface area contributed by atoms with E-state index in [1.807, 2.05) is 48.5 Å². The molecule has 1 N–H and O–H groups in total. The van der Waals surface area contributed by atoms with E-state index >= 15 is 0 Å². The van der Waals surface area contributed by atoms with Crippen LogP contribution in [0.4, 0.5) is 13.2 Å². The number of ether oxygens (including phenoxy) is 1. The highest BCUT2D eigenvalue weighted by Gasteiger charge is 2.44. The second-order valence-electron chi connectivity index (χ2n) is 8.00. The summed E-state index contributed by atoms with van der Waals surface area (Å²) >= 11 is 0. The highest BCUT2D eigenvalue weighted by Crippen LogP contribution is 2.44. The van der Waals surface area contributed by atoms with E-state index in [9.17, 15) is 27.6 Å². The molecule has 2 aromatic rings. The normalized spacial score (nSPS) is 19.6. The summed E-state index contributed by atoms with van der Waals surface area (Å²) in [6, 6.07) is 14.9. The quantitative estimate of drug-likeness (QED) is 0.295. The number of carbonyl (C=O) groups excluding carboxylic acids is 3. The molecule has 0 aromatic heterocycles. The van der Waals surface area contributed by atoms with Gasteiger partial charge in [-0.15, -0.1) is 0 Å². The molecule has 33 heavy (non-hydrogen) atoms. The highest BCUT2D eigenvalue weighted by molar-refractivity contribution is 5.91. The second-order valence-corrected chi connectivity index (χ2v) is 8.00. The Hall–Kier alpha value is -3.24. The molecule has 1 fully saturated rings. The molecule has 1 heterocycles. The molecule has 2 aromatic carbocycles. The van der Waals surface area contributed by atoms with Crippen LogP contribution in [0, 0.1) is 5.92 Å². The lowest BCUT2D eigenvalue weighted by atomic mass is 9.98. The van der Waals surface area contributed by atoms with Gasteiger partial charge >= 0.3 is 18.1 Å². The molecule has 2 atom stereocenters. The molecule has 0 saturated carbocycles. The average molecular weight is 462 g/mol. The molecule has 1 aliphatic carbocycles. The summed E-state index contributed by atoms with van der Waals surface area (Å²) < 4.78 is 40.7. The van der Waals surface area contributed by atoms with Gasteiger partial charge in [0.2, 0.25) is 6.41 Å². The van der Waals surface area contributed by atoms with Crippen molar-refractivity contribution in [3.8, 4) is 11.1 Å². The van der Waals surface area contributed by atoms with E-state index in [2.05, 4.69) is 10.1 Å². The third-order valence-corrected chi connectivity index (χ3v) is 5.86. The Labute approximate surface area is 187 Å². The zero-order valence-electron chi connectivity index (χ0n) is 17.4. The molecule has 1 saturated heterocycles. The summed E-state index contributed by atoms with van der Waals surface area (Å²) in [5.41, 5.74) is 4.44. The smallest absolute Gasteiger partial charge is 0.385 e. The summed E-state index contributed by atoms with van der Waals surface area (Å²) in [6.07, 6.45) is -4.61. The predicted molar refractivity (Wildman–Crippen MR) is 109 cm³/mol. The minimum atomic E-state index is -5.24. The van der Waals surface area contributed by atoms with Gasteiger partial charge in [-0.05, 0) is 34.6 Å². The molecule has 1 unspecified atom stereocenters. The summed E-state index contributed by atoms with van der Waals surface area (Å²) in [5.74, 6) is -4.17. The molecule has 10 heteroatoms. The zero-order chi connectivity index (χ0) is 23.6. The number of halogens is 3. The summed E-state index contributed by atoms with van der Waals surface area (Å²) in [5, 5.41) is 3.85. The first-order valence-corrected chi connectivity index (χ1v) is 10.4. The number of fused-ring (bicyclic) bond motifs is 3. The summed E-state index contributed by atoms with van der Waals surface area (Å²) in [4.78, 5) is 40.0. The fraction of sp³-hybridized carbons (Fsp3) is 0.348. The van der Waals surface area contributed by atoms with E-state index in [4.69, 9.17) is 4.84 Å². The molecule has 0 spiro atoms. The lowest BCUT2D eigenvalue weighted by Crippen LogP contribution is -2.37. The van der Waals surface area contributed by atoms with Crippen LogP contribution in [-0.2, 0) is 24.0 Å². The van der Waals surface area contributed by atoms with Gasteiger partial charge in [0.05, 0.1) is 13.2 Å². The van der Waals surface area contributed by atoms with Crippen LogP contribution in [0.1, 0.15) is 23.5 Å². The van der Waals surface area contributed by atoms with Crippen LogP contribution in [0.2, 0.25) is 0 Å². The van der Waals surface area contributed by atoms with Gasteiger partial charge in [-0.25, -0.2) is 14.7 Å². The third-order valence-electron chi connectivity index (χ3n) is 5.86. The zero-order valence-corrected chi connectivity index (χ0v) is 17.4. The summed E-state index contributed by atoms with van der Waals surface area (Å²) in [6.45, 7) is 0.602. The average Bonchev–Trinajstić information content (AvgIpc) is 3.39. The predicted octanol–water partition coefficient (Wildman–Crippen LogP) is 2.80. The molecule has 0 radical (unpaired) electrons. The first-order valence-electron chi connectivity index (χ1n) is 10.4. The van der Waals surface area contributed by atoms with Crippen molar-refractivity contribution in [3.63, 3.8) is 0 Å². The number of alkyl halides is 3. The number of hydrogen-bond acceptors (Lipinski definition) is 6. The molecule has 4 rings (SSSR count). The second kappa shape index (κ2) is 9.32. The van der Waals surface area contributed by atoms with Crippen molar-refractivity contribution in [1.29, 1.82) is 0 Å². The Balaban J connectivity index is 1.33. The molecular formula is C23H21F3N2O5. The molecule has 174 valence electrons. The maximum Gasteiger partial charge on any atom is 0.491 e. The fourth-order valence-corrected chi connectivity index (χ4v) is 4.34. The Morgan fingerprint density at radius 1 is 1.06 bits per heavy atom. The molecule has 1 aliphatic heterocycles.